The first-order valence-electron chi connectivity index (χ1n) is 7.96. The Morgan fingerprint density at radius 3 is 2.22 bits per heavy atom. The van der Waals surface area contributed by atoms with Crippen molar-refractivity contribution in [3.8, 4) is 0 Å². The monoisotopic (exact) mass is 266 g/mol. The van der Waals surface area contributed by atoms with E-state index >= 15 is 0 Å². The lowest BCUT2D eigenvalue weighted by Gasteiger charge is -2.15. The minimum absolute atomic E-state index is 0.557. The third kappa shape index (κ3) is 5.25. The van der Waals surface area contributed by atoms with Crippen molar-refractivity contribution in [3.05, 3.63) is 11.8 Å². The number of likely N-dealkylation sites (tertiary alicyclic amines) is 2. The predicted octanol–water partition coefficient (Wildman–Crippen LogP) is 2.52. The van der Waals surface area contributed by atoms with Crippen LogP contribution < -0.4 is 0 Å². The van der Waals surface area contributed by atoms with Gasteiger partial charge in [-0.15, -0.1) is 5.70 Å². The van der Waals surface area contributed by atoms with Gasteiger partial charge in [-0.3, -0.25) is 4.90 Å². The molecule has 104 valence electrons. The highest BCUT2D eigenvalue weighted by Crippen LogP contribution is 2.10. The molecule has 2 rings (SSSR count). The van der Waals surface area contributed by atoms with Crippen molar-refractivity contribution < 1.29 is 0 Å². The second-order valence-electron chi connectivity index (χ2n) is 6.10. The second kappa shape index (κ2) is 8.13. The van der Waals surface area contributed by atoms with Crippen LogP contribution in [-0.2, 0) is 0 Å². The van der Waals surface area contributed by atoms with Crippen LogP contribution in [0.5, 0.6) is 0 Å². The summed E-state index contributed by atoms with van der Waals surface area (Å²) in [5.74, 6) is 0. The average Bonchev–Trinajstić information content (AvgIpc) is 3.01. The smallest absolute Gasteiger partial charge is 0.0581 e. The van der Waals surface area contributed by atoms with Crippen LogP contribution in [0.3, 0.4) is 0 Å². The second-order valence-corrected chi connectivity index (χ2v) is 9.02. The lowest BCUT2D eigenvalue weighted by molar-refractivity contribution is 0.339. The van der Waals surface area contributed by atoms with Gasteiger partial charge >= 0.3 is 0 Å². The quantitative estimate of drug-likeness (QED) is 0.653. The van der Waals surface area contributed by atoms with Crippen LogP contribution >= 0.6 is 0 Å². The molecule has 0 aromatic rings. The highest BCUT2D eigenvalue weighted by Gasteiger charge is 2.11. The summed E-state index contributed by atoms with van der Waals surface area (Å²) in [5.41, 5.74) is 2.57. The van der Waals surface area contributed by atoms with E-state index in [2.05, 4.69) is 28.1 Å². The third-order valence-corrected chi connectivity index (χ3v) is 6.61. The number of nitrogens with zero attached hydrogens (tertiary/aromatic N) is 2. The van der Waals surface area contributed by atoms with Crippen molar-refractivity contribution in [1.29, 1.82) is 0 Å². The van der Waals surface area contributed by atoms with Gasteiger partial charge in [0.25, 0.3) is 0 Å². The summed E-state index contributed by atoms with van der Waals surface area (Å²) in [6.45, 7) is 10.5. The molecular formula is C15H30N2Si. The van der Waals surface area contributed by atoms with E-state index < -0.39 is 8.80 Å². The molecular weight excluding hydrogens is 236 g/mol. The first kappa shape index (κ1) is 14.3. The molecule has 1 unspecified atom stereocenters. The van der Waals surface area contributed by atoms with Crippen molar-refractivity contribution in [2.24, 2.45) is 0 Å². The molecule has 2 aliphatic heterocycles. The van der Waals surface area contributed by atoms with Gasteiger partial charge < -0.3 is 4.90 Å². The molecule has 0 spiro atoms. The summed E-state index contributed by atoms with van der Waals surface area (Å²) in [6.07, 6.45) is 9.58. The highest BCUT2D eigenvalue weighted by atomic mass is 28.3. The summed E-state index contributed by atoms with van der Waals surface area (Å²) in [7, 11) is -0.557. The van der Waals surface area contributed by atoms with Crippen LogP contribution in [-0.4, -0.2) is 57.9 Å². The molecule has 0 aliphatic carbocycles. The summed E-state index contributed by atoms with van der Waals surface area (Å²) in [6, 6.07) is 1.49. The van der Waals surface area contributed by atoms with E-state index in [1.807, 2.05) is 0 Å². The standard InChI is InChI=1S/C15H30N2Si/c1-18(14-6-12-16-8-2-3-9-16)15-7-13-17-10-4-5-11-17/h6,14,18H,2-5,7-13,15H2,1H3. The van der Waals surface area contributed by atoms with Gasteiger partial charge in [0.2, 0.25) is 0 Å². The molecule has 0 aromatic carbocycles. The molecule has 2 heterocycles. The molecule has 0 N–H and O–H groups in total. The van der Waals surface area contributed by atoms with Gasteiger partial charge in [0, 0.05) is 6.54 Å². The fourth-order valence-corrected chi connectivity index (χ4v) is 4.75. The Bertz CT molecular complexity index is 243. The molecule has 1 atom stereocenters. The predicted molar refractivity (Wildman–Crippen MR) is 82.9 cm³/mol. The maximum absolute atomic E-state index is 2.65. The van der Waals surface area contributed by atoms with Crippen molar-refractivity contribution in [3.63, 3.8) is 0 Å². The fraction of sp³-hybridized carbons (Fsp3) is 0.867. The molecule has 2 nitrogen and oxygen atoms in total. The Labute approximate surface area is 115 Å². The molecule has 2 saturated heterocycles. The van der Waals surface area contributed by atoms with Crippen molar-refractivity contribution in [2.45, 2.75) is 44.7 Å². The largest absolute Gasteiger partial charge is 0.303 e. The van der Waals surface area contributed by atoms with Gasteiger partial charge in [-0.05, 0) is 64.8 Å². The van der Waals surface area contributed by atoms with Gasteiger partial charge in [-0.2, -0.15) is 0 Å². The maximum atomic E-state index is 2.65. The Kier molecular flexibility index (Phi) is 6.45. The first-order chi connectivity index (χ1) is 8.84. The van der Waals surface area contributed by atoms with Gasteiger partial charge in [-0.1, -0.05) is 18.7 Å². The minimum atomic E-state index is -0.557. The topological polar surface area (TPSA) is 6.48 Å². The van der Waals surface area contributed by atoms with Crippen molar-refractivity contribution >= 4 is 8.80 Å². The van der Waals surface area contributed by atoms with E-state index in [-0.39, 0.29) is 0 Å². The summed E-state index contributed by atoms with van der Waals surface area (Å²) in [5, 5.41) is 0. The minimum Gasteiger partial charge on any atom is -0.303 e. The fourth-order valence-electron chi connectivity index (χ4n) is 3.15. The van der Waals surface area contributed by atoms with Crippen LogP contribution in [0.1, 0.15) is 32.1 Å². The van der Waals surface area contributed by atoms with E-state index in [1.165, 1.54) is 77.4 Å². The SMILES string of the molecule is C[SiH](C=CCN1CCCC1)CCCN1CCCC1. The molecule has 2 fully saturated rings. The highest BCUT2D eigenvalue weighted by molar-refractivity contribution is 6.62. The lowest BCUT2D eigenvalue weighted by atomic mass is 10.4. The van der Waals surface area contributed by atoms with Crippen molar-refractivity contribution in [1.82, 2.24) is 9.80 Å². The molecule has 0 bridgehead atoms. The van der Waals surface area contributed by atoms with E-state index in [1.54, 1.807) is 0 Å². The van der Waals surface area contributed by atoms with E-state index in [0.29, 0.717) is 0 Å². The lowest BCUT2D eigenvalue weighted by Crippen LogP contribution is -2.21. The van der Waals surface area contributed by atoms with E-state index in [4.69, 9.17) is 0 Å². The molecule has 0 saturated carbocycles. The normalized spacial score (nSPS) is 24.3. The van der Waals surface area contributed by atoms with Crippen molar-refractivity contribution in [2.75, 3.05) is 39.3 Å². The van der Waals surface area contributed by atoms with Gasteiger partial charge in [0.05, 0.1) is 8.80 Å². The molecule has 0 aromatic heterocycles. The third-order valence-electron chi connectivity index (χ3n) is 4.36. The molecule has 2 aliphatic rings. The number of hydrogen-bond donors (Lipinski definition) is 0. The van der Waals surface area contributed by atoms with Crippen LogP contribution in [0, 0.1) is 0 Å². The van der Waals surface area contributed by atoms with E-state index in [9.17, 15) is 0 Å². The molecule has 0 radical (unpaired) electrons. The summed E-state index contributed by atoms with van der Waals surface area (Å²) < 4.78 is 0. The van der Waals surface area contributed by atoms with Gasteiger partial charge in [0.15, 0.2) is 0 Å². The Morgan fingerprint density at radius 2 is 1.56 bits per heavy atom. The zero-order valence-corrected chi connectivity index (χ0v) is 13.3. The molecule has 0 amide bonds. The maximum Gasteiger partial charge on any atom is 0.0581 e. The van der Waals surface area contributed by atoms with Crippen LogP contribution in [0.4, 0.5) is 0 Å². The summed E-state index contributed by atoms with van der Waals surface area (Å²) >= 11 is 0. The molecule has 18 heavy (non-hydrogen) atoms. The van der Waals surface area contributed by atoms with E-state index in [0.717, 1.165) is 0 Å². The van der Waals surface area contributed by atoms with Crippen LogP contribution in [0.15, 0.2) is 11.8 Å². The average molecular weight is 267 g/mol. The molecule has 3 heteroatoms. The zero-order valence-electron chi connectivity index (χ0n) is 12.1. The number of rotatable bonds is 7. The zero-order chi connectivity index (χ0) is 12.6. The van der Waals surface area contributed by atoms with Crippen LogP contribution in [0.25, 0.3) is 0 Å². The first-order valence-corrected chi connectivity index (χ1v) is 10.6. The number of hydrogen-bond acceptors (Lipinski definition) is 2. The van der Waals surface area contributed by atoms with Gasteiger partial charge in [0.1, 0.15) is 0 Å². The van der Waals surface area contributed by atoms with Gasteiger partial charge in [-0.25, -0.2) is 0 Å². The Morgan fingerprint density at radius 1 is 0.944 bits per heavy atom. The Hall–Kier alpha value is -0.123. The Balaban J connectivity index is 1.50. The summed E-state index contributed by atoms with van der Waals surface area (Å²) in [4.78, 5) is 5.23. The van der Waals surface area contributed by atoms with Crippen LogP contribution in [0.2, 0.25) is 12.6 Å².